The van der Waals surface area contributed by atoms with Gasteiger partial charge in [0.05, 0.1) is 12.0 Å². The second-order valence-electron chi connectivity index (χ2n) is 6.00. The van der Waals surface area contributed by atoms with Crippen molar-refractivity contribution in [1.29, 1.82) is 0 Å². The molecule has 2 aliphatic rings. The summed E-state index contributed by atoms with van der Waals surface area (Å²) in [6, 6.07) is 0.341. The molecule has 102 valence electrons. The van der Waals surface area contributed by atoms with Gasteiger partial charge >= 0.3 is 0 Å². The van der Waals surface area contributed by atoms with Crippen molar-refractivity contribution >= 4 is 11.8 Å². The van der Waals surface area contributed by atoms with Gasteiger partial charge < -0.3 is 16.0 Å². The van der Waals surface area contributed by atoms with E-state index in [0.717, 1.165) is 25.7 Å². The second-order valence-corrected chi connectivity index (χ2v) is 6.00. The number of nitrogens with one attached hydrogen (secondary N) is 1. The summed E-state index contributed by atoms with van der Waals surface area (Å²) in [6.45, 7) is 2.65. The second kappa shape index (κ2) is 4.88. The highest BCUT2D eigenvalue weighted by Gasteiger charge is 2.48. The van der Waals surface area contributed by atoms with Crippen LogP contribution in [-0.2, 0) is 9.59 Å². The summed E-state index contributed by atoms with van der Waals surface area (Å²) in [4.78, 5) is 25.5. The minimum Gasteiger partial charge on any atom is -0.352 e. The zero-order chi connectivity index (χ0) is 13.3. The summed E-state index contributed by atoms with van der Waals surface area (Å²) >= 11 is 0. The van der Waals surface area contributed by atoms with Crippen molar-refractivity contribution in [3.05, 3.63) is 0 Å². The molecule has 3 N–H and O–H groups in total. The maximum Gasteiger partial charge on any atom is 0.239 e. The molecule has 2 saturated carbocycles. The van der Waals surface area contributed by atoms with Crippen molar-refractivity contribution in [1.82, 2.24) is 10.2 Å². The van der Waals surface area contributed by atoms with Crippen molar-refractivity contribution in [2.24, 2.45) is 17.1 Å². The molecular weight excluding hydrogens is 230 g/mol. The minimum atomic E-state index is -0.409. The molecule has 0 bridgehead atoms. The monoisotopic (exact) mass is 253 g/mol. The number of rotatable bonds is 5. The summed E-state index contributed by atoms with van der Waals surface area (Å²) < 4.78 is 0. The first-order chi connectivity index (χ1) is 8.47. The average molecular weight is 253 g/mol. The number of amides is 2. The predicted molar refractivity (Wildman–Crippen MR) is 68.7 cm³/mol. The molecule has 2 rings (SSSR count). The van der Waals surface area contributed by atoms with E-state index in [1.54, 1.807) is 7.05 Å². The summed E-state index contributed by atoms with van der Waals surface area (Å²) in [5, 5.41) is 2.89. The van der Waals surface area contributed by atoms with Gasteiger partial charge in [0.15, 0.2) is 0 Å². The Kier molecular flexibility index (Phi) is 3.61. The van der Waals surface area contributed by atoms with E-state index in [1.807, 2.05) is 0 Å². The van der Waals surface area contributed by atoms with Crippen LogP contribution in [0, 0.1) is 11.3 Å². The van der Waals surface area contributed by atoms with Gasteiger partial charge in [0, 0.05) is 19.6 Å². The summed E-state index contributed by atoms with van der Waals surface area (Å²) in [6.07, 6.45) is 3.81. The molecule has 18 heavy (non-hydrogen) atoms. The Morgan fingerprint density at radius 3 is 2.44 bits per heavy atom. The molecule has 5 nitrogen and oxygen atoms in total. The molecule has 0 atom stereocenters. The highest BCUT2D eigenvalue weighted by Crippen LogP contribution is 2.45. The SMILES string of the molecule is CC1CC(CN)(C(=O)N(C)CC(=O)NC2CC2)C1. The van der Waals surface area contributed by atoms with Crippen molar-refractivity contribution in [3.8, 4) is 0 Å². The van der Waals surface area contributed by atoms with E-state index in [4.69, 9.17) is 5.73 Å². The fourth-order valence-electron chi connectivity index (χ4n) is 2.90. The van der Waals surface area contributed by atoms with Crippen molar-refractivity contribution in [2.45, 2.75) is 38.6 Å². The molecule has 2 amide bonds. The lowest BCUT2D eigenvalue weighted by Crippen LogP contribution is -2.55. The Balaban J connectivity index is 1.85. The molecule has 0 aliphatic heterocycles. The van der Waals surface area contributed by atoms with Gasteiger partial charge in [-0.25, -0.2) is 0 Å². The van der Waals surface area contributed by atoms with E-state index >= 15 is 0 Å². The maximum atomic E-state index is 12.3. The van der Waals surface area contributed by atoms with Gasteiger partial charge in [0.1, 0.15) is 0 Å². The lowest BCUT2D eigenvalue weighted by molar-refractivity contribution is -0.150. The van der Waals surface area contributed by atoms with Crippen LogP contribution in [0.2, 0.25) is 0 Å². The lowest BCUT2D eigenvalue weighted by atomic mass is 9.62. The molecule has 0 radical (unpaired) electrons. The van der Waals surface area contributed by atoms with Crippen LogP contribution in [-0.4, -0.2) is 42.9 Å². The quantitative estimate of drug-likeness (QED) is 0.729. The van der Waals surface area contributed by atoms with Crippen LogP contribution in [0.5, 0.6) is 0 Å². The van der Waals surface area contributed by atoms with Gasteiger partial charge in [0.2, 0.25) is 11.8 Å². The predicted octanol–water partition coefficient (Wildman–Crippen LogP) is 0.0984. The standard InChI is InChI=1S/C13H23N3O2/c1-9-5-13(6-9,8-14)12(18)16(2)7-11(17)15-10-3-4-10/h9-10H,3-8,14H2,1-2H3,(H,15,17). The van der Waals surface area contributed by atoms with Crippen LogP contribution >= 0.6 is 0 Å². The first-order valence-electron chi connectivity index (χ1n) is 6.72. The van der Waals surface area contributed by atoms with Gasteiger partial charge in [-0.1, -0.05) is 6.92 Å². The zero-order valence-corrected chi connectivity index (χ0v) is 11.2. The number of carbonyl (C=O) groups excluding carboxylic acids is 2. The van der Waals surface area contributed by atoms with E-state index < -0.39 is 5.41 Å². The topological polar surface area (TPSA) is 75.4 Å². The zero-order valence-electron chi connectivity index (χ0n) is 11.2. The maximum absolute atomic E-state index is 12.3. The molecule has 0 heterocycles. The van der Waals surface area contributed by atoms with Crippen molar-refractivity contribution in [2.75, 3.05) is 20.1 Å². The lowest BCUT2D eigenvalue weighted by Gasteiger charge is -2.46. The van der Waals surface area contributed by atoms with Gasteiger partial charge in [-0.3, -0.25) is 9.59 Å². The number of hydrogen-bond acceptors (Lipinski definition) is 3. The Hall–Kier alpha value is -1.10. The van der Waals surface area contributed by atoms with E-state index in [2.05, 4.69) is 12.2 Å². The molecule has 0 spiro atoms. The molecule has 0 aromatic rings. The Morgan fingerprint density at radius 1 is 1.39 bits per heavy atom. The third-order valence-electron chi connectivity index (χ3n) is 3.99. The fourth-order valence-corrected chi connectivity index (χ4v) is 2.90. The first kappa shape index (κ1) is 13.3. The molecule has 0 aromatic heterocycles. The first-order valence-corrected chi connectivity index (χ1v) is 6.72. The van der Waals surface area contributed by atoms with Gasteiger partial charge in [-0.15, -0.1) is 0 Å². The third kappa shape index (κ3) is 2.66. The number of carbonyl (C=O) groups is 2. The number of nitrogens with two attached hydrogens (primary N) is 1. The Bertz CT molecular complexity index is 346. The van der Waals surface area contributed by atoms with Crippen LogP contribution in [0.15, 0.2) is 0 Å². The fraction of sp³-hybridized carbons (Fsp3) is 0.846. The van der Waals surface area contributed by atoms with Crippen LogP contribution in [0.3, 0.4) is 0 Å². The van der Waals surface area contributed by atoms with E-state index in [9.17, 15) is 9.59 Å². The molecule has 0 saturated heterocycles. The van der Waals surface area contributed by atoms with Crippen molar-refractivity contribution in [3.63, 3.8) is 0 Å². The van der Waals surface area contributed by atoms with Crippen molar-refractivity contribution < 1.29 is 9.59 Å². The van der Waals surface area contributed by atoms with E-state index in [-0.39, 0.29) is 18.4 Å². The van der Waals surface area contributed by atoms with Gasteiger partial charge in [0.25, 0.3) is 0 Å². The minimum absolute atomic E-state index is 0.0223. The molecule has 0 aromatic carbocycles. The average Bonchev–Trinajstić information content (AvgIpc) is 3.07. The summed E-state index contributed by atoms with van der Waals surface area (Å²) in [5.74, 6) is 0.521. The molecule has 5 heteroatoms. The smallest absolute Gasteiger partial charge is 0.239 e. The van der Waals surface area contributed by atoms with Gasteiger partial charge in [-0.05, 0) is 31.6 Å². The largest absolute Gasteiger partial charge is 0.352 e. The molecule has 2 aliphatic carbocycles. The molecule has 2 fully saturated rings. The number of hydrogen-bond donors (Lipinski definition) is 2. The molecule has 0 unspecified atom stereocenters. The Morgan fingerprint density at radius 2 is 2.00 bits per heavy atom. The summed E-state index contributed by atoms with van der Waals surface area (Å²) in [7, 11) is 1.69. The van der Waals surface area contributed by atoms with E-state index in [1.165, 1.54) is 4.90 Å². The molecular formula is C13H23N3O2. The highest BCUT2D eigenvalue weighted by atomic mass is 16.2. The van der Waals surface area contributed by atoms with E-state index in [0.29, 0.717) is 18.5 Å². The van der Waals surface area contributed by atoms with Crippen LogP contribution in [0.25, 0.3) is 0 Å². The van der Waals surface area contributed by atoms with Gasteiger partial charge in [-0.2, -0.15) is 0 Å². The van der Waals surface area contributed by atoms with Crippen LogP contribution in [0.4, 0.5) is 0 Å². The van der Waals surface area contributed by atoms with Crippen LogP contribution in [0.1, 0.15) is 32.6 Å². The highest BCUT2D eigenvalue weighted by molar-refractivity contribution is 5.88. The Labute approximate surface area is 108 Å². The normalized spacial score (nSPS) is 30.5. The number of likely N-dealkylation sites (N-methyl/N-ethyl adjacent to an activating group) is 1. The van der Waals surface area contributed by atoms with Crippen LogP contribution < -0.4 is 11.1 Å². The third-order valence-corrected chi connectivity index (χ3v) is 3.99. The summed E-state index contributed by atoms with van der Waals surface area (Å²) in [5.41, 5.74) is 5.33. The number of nitrogens with zero attached hydrogens (tertiary/aromatic N) is 1.